The molecular formula is C12H22O5. The van der Waals surface area contributed by atoms with Crippen LogP contribution in [0, 0.1) is 5.92 Å². The van der Waals surface area contributed by atoms with E-state index in [1.165, 1.54) is 0 Å². The van der Waals surface area contributed by atoms with Crippen molar-refractivity contribution in [2.24, 2.45) is 5.92 Å². The summed E-state index contributed by atoms with van der Waals surface area (Å²) in [5, 5.41) is 19.0. The molecule has 0 aromatic heterocycles. The first-order valence-corrected chi connectivity index (χ1v) is 6.23. The van der Waals surface area contributed by atoms with Gasteiger partial charge in [-0.1, -0.05) is 13.3 Å². The van der Waals surface area contributed by atoms with Crippen molar-refractivity contribution in [1.29, 1.82) is 0 Å². The molecule has 0 aromatic carbocycles. The maximum Gasteiger partial charge on any atom is 0.188 e. The van der Waals surface area contributed by atoms with Gasteiger partial charge in [-0.25, -0.2) is 0 Å². The van der Waals surface area contributed by atoms with E-state index in [-0.39, 0.29) is 25.2 Å². The molecule has 100 valence electrons. The van der Waals surface area contributed by atoms with Crippen molar-refractivity contribution in [3.05, 3.63) is 0 Å². The molecule has 0 radical (unpaired) electrons. The van der Waals surface area contributed by atoms with Crippen LogP contribution in [0.15, 0.2) is 0 Å². The lowest BCUT2D eigenvalue weighted by Gasteiger charge is -2.33. The van der Waals surface area contributed by atoms with E-state index in [1.807, 2.05) is 13.8 Å². The Hall–Kier alpha value is -0.200. The number of ether oxygens (including phenoxy) is 3. The first kappa shape index (κ1) is 13.2. The molecule has 0 amide bonds. The molecule has 0 bridgehead atoms. The van der Waals surface area contributed by atoms with Gasteiger partial charge in [-0.15, -0.1) is 0 Å². The van der Waals surface area contributed by atoms with Crippen LogP contribution in [0.4, 0.5) is 0 Å². The zero-order valence-electron chi connectivity index (χ0n) is 10.7. The van der Waals surface area contributed by atoms with Crippen LogP contribution in [0.2, 0.25) is 0 Å². The Morgan fingerprint density at radius 3 is 2.24 bits per heavy atom. The number of hydrogen-bond donors (Lipinski definition) is 2. The number of aliphatic hydroxyl groups excluding tert-OH is 2. The minimum absolute atomic E-state index is 0.0331. The standard InChI is InChI=1S/C12H22O5/c1-4-5-8-9-10(16-11(2,3)15-9)17-12(8,6-13)7-14/h8-10,13-14H,4-7H2,1-3H3/t8-,9+,10-/m0/s1. The molecule has 2 saturated heterocycles. The summed E-state index contributed by atoms with van der Waals surface area (Å²) in [5.41, 5.74) is -0.929. The first-order chi connectivity index (χ1) is 7.98. The van der Waals surface area contributed by atoms with E-state index in [2.05, 4.69) is 6.92 Å². The van der Waals surface area contributed by atoms with Gasteiger partial charge in [0.25, 0.3) is 0 Å². The molecule has 0 aromatic rings. The highest BCUT2D eigenvalue weighted by molar-refractivity contribution is 5.02. The molecule has 2 heterocycles. The third-order valence-corrected chi connectivity index (χ3v) is 3.65. The van der Waals surface area contributed by atoms with E-state index >= 15 is 0 Å². The average molecular weight is 246 g/mol. The highest BCUT2D eigenvalue weighted by Gasteiger charge is 2.60. The molecule has 5 heteroatoms. The minimum atomic E-state index is -0.929. The molecule has 2 rings (SSSR count). The summed E-state index contributed by atoms with van der Waals surface area (Å²) in [5.74, 6) is -0.687. The summed E-state index contributed by atoms with van der Waals surface area (Å²) >= 11 is 0. The van der Waals surface area contributed by atoms with Gasteiger partial charge in [0.05, 0.1) is 13.2 Å². The topological polar surface area (TPSA) is 68.2 Å². The van der Waals surface area contributed by atoms with Crippen LogP contribution in [0.5, 0.6) is 0 Å². The summed E-state index contributed by atoms with van der Waals surface area (Å²) in [7, 11) is 0. The number of rotatable bonds is 4. The summed E-state index contributed by atoms with van der Waals surface area (Å²) in [6.45, 7) is 5.32. The van der Waals surface area contributed by atoms with Crippen LogP contribution >= 0.6 is 0 Å². The Kier molecular flexibility index (Phi) is 3.49. The normalized spacial score (nSPS) is 38.3. The lowest BCUT2D eigenvalue weighted by molar-refractivity contribution is -0.246. The summed E-state index contributed by atoms with van der Waals surface area (Å²) in [4.78, 5) is 0. The smallest absolute Gasteiger partial charge is 0.188 e. The first-order valence-electron chi connectivity index (χ1n) is 6.23. The molecule has 0 spiro atoms. The maximum absolute atomic E-state index is 9.50. The average Bonchev–Trinajstić information content (AvgIpc) is 2.71. The second kappa shape index (κ2) is 4.48. The van der Waals surface area contributed by atoms with Crippen molar-refractivity contribution in [3.63, 3.8) is 0 Å². The monoisotopic (exact) mass is 246 g/mol. The molecule has 3 atom stereocenters. The lowest BCUT2D eigenvalue weighted by atomic mass is 9.83. The second-order valence-electron chi connectivity index (χ2n) is 5.36. The van der Waals surface area contributed by atoms with Gasteiger partial charge in [0.1, 0.15) is 11.7 Å². The van der Waals surface area contributed by atoms with Crippen molar-refractivity contribution in [3.8, 4) is 0 Å². The molecule has 0 saturated carbocycles. The Labute approximate surface area is 102 Å². The van der Waals surface area contributed by atoms with Crippen LogP contribution in [0.25, 0.3) is 0 Å². The lowest BCUT2D eigenvalue weighted by Crippen LogP contribution is -2.47. The highest BCUT2D eigenvalue weighted by Crippen LogP contribution is 2.47. The summed E-state index contributed by atoms with van der Waals surface area (Å²) < 4.78 is 17.2. The zero-order valence-corrected chi connectivity index (χ0v) is 10.7. The van der Waals surface area contributed by atoms with Gasteiger partial charge in [0.2, 0.25) is 0 Å². The predicted molar refractivity (Wildman–Crippen MR) is 60.2 cm³/mol. The van der Waals surface area contributed by atoms with Crippen molar-refractivity contribution in [2.75, 3.05) is 13.2 Å². The van der Waals surface area contributed by atoms with Crippen LogP contribution in [-0.4, -0.2) is 47.2 Å². The molecule has 0 unspecified atom stereocenters. The van der Waals surface area contributed by atoms with Crippen molar-refractivity contribution in [2.45, 2.75) is 57.4 Å². The number of hydrogen-bond acceptors (Lipinski definition) is 5. The molecular weight excluding hydrogens is 224 g/mol. The van der Waals surface area contributed by atoms with Crippen molar-refractivity contribution >= 4 is 0 Å². The zero-order chi connectivity index (χ0) is 12.7. The van der Waals surface area contributed by atoms with Gasteiger partial charge < -0.3 is 24.4 Å². The third kappa shape index (κ3) is 2.11. The van der Waals surface area contributed by atoms with Gasteiger partial charge in [-0.2, -0.15) is 0 Å². The van der Waals surface area contributed by atoms with E-state index < -0.39 is 17.7 Å². The maximum atomic E-state index is 9.50. The van der Waals surface area contributed by atoms with E-state index in [0.29, 0.717) is 0 Å². The number of aliphatic hydroxyl groups is 2. The summed E-state index contributed by atoms with van der Waals surface area (Å²) in [6, 6.07) is 0. The molecule has 17 heavy (non-hydrogen) atoms. The molecule has 2 N–H and O–H groups in total. The van der Waals surface area contributed by atoms with Crippen LogP contribution in [0.3, 0.4) is 0 Å². The Bertz CT molecular complexity index is 274. The minimum Gasteiger partial charge on any atom is -0.393 e. The quantitative estimate of drug-likeness (QED) is 0.761. The van der Waals surface area contributed by atoms with Crippen LogP contribution in [0.1, 0.15) is 33.6 Å². The predicted octanol–water partition coefficient (Wildman–Crippen LogP) is 0.634. The van der Waals surface area contributed by atoms with Crippen LogP contribution < -0.4 is 0 Å². The fraction of sp³-hybridized carbons (Fsp3) is 1.00. The highest BCUT2D eigenvalue weighted by atomic mass is 16.8. The van der Waals surface area contributed by atoms with E-state index in [9.17, 15) is 10.2 Å². The Morgan fingerprint density at radius 2 is 1.71 bits per heavy atom. The van der Waals surface area contributed by atoms with E-state index in [4.69, 9.17) is 14.2 Å². The van der Waals surface area contributed by atoms with Gasteiger partial charge in [0.15, 0.2) is 12.1 Å². The van der Waals surface area contributed by atoms with Gasteiger partial charge >= 0.3 is 0 Å². The van der Waals surface area contributed by atoms with Crippen LogP contribution in [-0.2, 0) is 14.2 Å². The molecule has 2 fully saturated rings. The van der Waals surface area contributed by atoms with E-state index in [0.717, 1.165) is 12.8 Å². The van der Waals surface area contributed by atoms with Gasteiger partial charge in [0, 0.05) is 5.92 Å². The Balaban J connectivity index is 2.20. The fourth-order valence-corrected chi connectivity index (χ4v) is 2.84. The molecule has 0 aliphatic carbocycles. The summed E-state index contributed by atoms with van der Waals surface area (Å²) in [6.07, 6.45) is 1.09. The fourth-order valence-electron chi connectivity index (χ4n) is 2.84. The van der Waals surface area contributed by atoms with Crippen molar-refractivity contribution in [1.82, 2.24) is 0 Å². The van der Waals surface area contributed by atoms with Gasteiger partial charge in [-0.3, -0.25) is 0 Å². The van der Waals surface area contributed by atoms with Crippen molar-refractivity contribution < 1.29 is 24.4 Å². The third-order valence-electron chi connectivity index (χ3n) is 3.65. The largest absolute Gasteiger partial charge is 0.393 e. The molecule has 2 aliphatic heterocycles. The Morgan fingerprint density at radius 1 is 1.06 bits per heavy atom. The molecule has 5 nitrogen and oxygen atoms in total. The van der Waals surface area contributed by atoms with Gasteiger partial charge in [-0.05, 0) is 20.3 Å². The number of fused-ring (bicyclic) bond motifs is 1. The van der Waals surface area contributed by atoms with E-state index in [1.54, 1.807) is 0 Å². The second-order valence-corrected chi connectivity index (χ2v) is 5.36. The SMILES string of the molecule is CCC[C@H]1[C@H]2OC(C)(C)O[C@H]2OC1(CO)CO. The molecule has 2 aliphatic rings.